The van der Waals surface area contributed by atoms with Gasteiger partial charge in [0.05, 0.1) is 0 Å². The van der Waals surface area contributed by atoms with E-state index in [1.54, 1.807) is 29.6 Å². The van der Waals surface area contributed by atoms with Crippen LogP contribution in [0, 0.1) is 0 Å². The van der Waals surface area contributed by atoms with Crippen LogP contribution in [0.25, 0.3) is 0 Å². The molecule has 0 aliphatic carbocycles. The molecule has 1 amide bonds. The van der Waals surface area contributed by atoms with Gasteiger partial charge in [0.1, 0.15) is 17.3 Å². The zero-order valence-corrected chi connectivity index (χ0v) is 11.3. The number of carbonyl (C=O) groups excluding carboxylic acids is 1. The number of aromatic nitrogens is 2. The molecule has 0 fully saturated rings. The van der Waals surface area contributed by atoms with Crippen LogP contribution in [0.3, 0.4) is 0 Å². The summed E-state index contributed by atoms with van der Waals surface area (Å²) >= 11 is 5.83. The van der Waals surface area contributed by atoms with Gasteiger partial charge in [-0.15, -0.1) is 5.10 Å². The Kier molecular flexibility index (Phi) is 4.37. The monoisotopic (exact) mass is 294 g/mol. The van der Waals surface area contributed by atoms with Crippen LogP contribution in [0.4, 0.5) is 5.69 Å². The minimum Gasteiger partial charge on any atom is -0.487 e. The van der Waals surface area contributed by atoms with Crippen molar-refractivity contribution < 1.29 is 9.53 Å². The highest BCUT2D eigenvalue weighted by molar-refractivity contribution is 7.80. The molecule has 98 valence electrons. The van der Waals surface area contributed by atoms with Crippen LogP contribution in [-0.2, 0) is 0 Å². The van der Waals surface area contributed by atoms with E-state index in [-0.39, 0.29) is 17.5 Å². The van der Waals surface area contributed by atoms with E-state index in [4.69, 9.17) is 22.7 Å². The number of hydrogen-bond donors (Lipinski definition) is 2. The van der Waals surface area contributed by atoms with E-state index >= 15 is 0 Å². The Morgan fingerprint density at radius 2 is 2.16 bits per heavy atom. The Labute approximate surface area is 118 Å². The summed E-state index contributed by atoms with van der Waals surface area (Å²) in [5, 5.41) is 7.96. The molecule has 6 nitrogen and oxygen atoms in total. The Balaban J connectivity index is 1.95. The molecule has 0 saturated heterocycles. The minimum atomic E-state index is -0.300. The third-order valence-corrected chi connectivity index (χ3v) is 2.71. The molecule has 0 aliphatic heterocycles. The van der Waals surface area contributed by atoms with Crippen molar-refractivity contribution >= 4 is 40.3 Å². The van der Waals surface area contributed by atoms with Gasteiger partial charge in [0.2, 0.25) is 0 Å². The van der Waals surface area contributed by atoms with Crippen molar-refractivity contribution in [2.24, 2.45) is 5.73 Å². The molecule has 0 radical (unpaired) electrons. The van der Waals surface area contributed by atoms with Gasteiger partial charge in [-0.2, -0.15) is 0 Å². The summed E-state index contributed by atoms with van der Waals surface area (Å²) in [7, 11) is 0. The predicted octanol–water partition coefficient (Wildman–Crippen LogP) is 1.46. The number of rotatable bonds is 5. The van der Waals surface area contributed by atoms with Crippen LogP contribution in [0.1, 0.15) is 10.5 Å². The maximum Gasteiger partial charge on any atom is 0.277 e. The second-order valence-electron chi connectivity index (χ2n) is 3.52. The zero-order chi connectivity index (χ0) is 13.7. The molecular weight excluding hydrogens is 284 g/mol. The van der Waals surface area contributed by atoms with Gasteiger partial charge in [-0.3, -0.25) is 4.79 Å². The second-order valence-corrected chi connectivity index (χ2v) is 4.66. The first-order valence-electron chi connectivity index (χ1n) is 5.25. The van der Waals surface area contributed by atoms with Gasteiger partial charge in [-0.25, -0.2) is 0 Å². The molecule has 1 aromatic heterocycles. The quantitative estimate of drug-likeness (QED) is 0.811. The number of benzene rings is 1. The second kappa shape index (κ2) is 6.21. The molecule has 0 saturated carbocycles. The highest BCUT2D eigenvalue weighted by Gasteiger charge is 2.08. The van der Waals surface area contributed by atoms with Crippen LogP contribution < -0.4 is 15.8 Å². The molecule has 2 rings (SSSR count). The van der Waals surface area contributed by atoms with E-state index in [1.165, 1.54) is 0 Å². The molecule has 2 aromatic rings. The number of carbonyl (C=O) groups is 1. The summed E-state index contributed by atoms with van der Waals surface area (Å²) in [6, 6.07) is 6.86. The SMILES string of the molecule is NC(=S)COc1ccc(NC(=O)c2csnn2)cc1. The zero-order valence-electron chi connectivity index (χ0n) is 9.70. The van der Waals surface area contributed by atoms with Crippen molar-refractivity contribution in [1.29, 1.82) is 0 Å². The summed E-state index contributed by atoms with van der Waals surface area (Å²) in [6.07, 6.45) is 0. The van der Waals surface area contributed by atoms with Crippen LogP contribution in [0.5, 0.6) is 5.75 Å². The summed E-state index contributed by atoms with van der Waals surface area (Å²) in [4.78, 5) is 12.0. The normalized spacial score (nSPS) is 9.89. The molecule has 3 N–H and O–H groups in total. The number of amides is 1. The summed E-state index contributed by atoms with van der Waals surface area (Å²) < 4.78 is 8.93. The Morgan fingerprint density at radius 3 is 2.74 bits per heavy atom. The maximum atomic E-state index is 11.7. The number of nitrogens with one attached hydrogen (secondary N) is 1. The van der Waals surface area contributed by atoms with Crippen molar-refractivity contribution in [3.8, 4) is 5.75 Å². The number of ether oxygens (including phenoxy) is 1. The van der Waals surface area contributed by atoms with Crippen molar-refractivity contribution in [2.45, 2.75) is 0 Å². The molecule has 0 aliphatic rings. The average molecular weight is 294 g/mol. The van der Waals surface area contributed by atoms with Crippen LogP contribution in [0.15, 0.2) is 29.6 Å². The van der Waals surface area contributed by atoms with Gasteiger partial charge >= 0.3 is 0 Å². The first kappa shape index (κ1) is 13.4. The molecule has 1 aromatic carbocycles. The maximum absolute atomic E-state index is 11.7. The lowest BCUT2D eigenvalue weighted by atomic mass is 10.3. The average Bonchev–Trinajstić information content (AvgIpc) is 2.92. The van der Waals surface area contributed by atoms with Crippen molar-refractivity contribution in [3.63, 3.8) is 0 Å². The molecular formula is C11H10N4O2S2. The molecule has 0 bridgehead atoms. The third-order valence-electron chi connectivity index (χ3n) is 2.09. The number of anilines is 1. The van der Waals surface area contributed by atoms with Crippen LogP contribution in [-0.4, -0.2) is 27.1 Å². The van der Waals surface area contributed by atoms with E-state index in [1.807, 2.05) is 0 Å². The summed E-state index contributed by atoms with van der Waals surface area (Å²) in [5.74, 6) is 0.326. The van der Waals surface area contributed by atoms with Crippen LogP contribution >= 0.6 is 23.8 Å². The molecule has 0 spiro atoms. The predicted molar refractivity (Wildman–Crippen MR) is 76.6 cm³/mol. The molecule has 8 heteroatoms. The van der Waals surface area contributed by atoms with Gasteiger partial charge in [0.25, 0.3) is 5.91 Å². The Morgan fingerprint density at radius 1 is 1.42 bits per heavy atom. The standard InChI is InChI=1S/C11H10N4O2S2/c12-10(18)5-17-8-3-1-7(2-4-8)13-11(16)9-6-19-15-14-9/h1-4,6H,5H2,(H2,12,18)(H,13,16). The van der Waals surface area contributed by atoms with Gasteiger partial charge in [0, 0.05) is 11.1 Å². The highest BCUT2D eigenvalue weighted by Crippen LogP contribution is 2.16. The molecule has 0 atom stereocenters. The smallest absolute Gasteiger partial charge is 0.277 e. The van der Waals surface area contributed by atoms with E-state index in [0.717, 1.165) is 11.5 Å². The highest BCUT2D eigenvalue weighted by atomic mass is 32.1. The number of nitrogens with two attached hydrogens (primary N) is 1. The van der Waals surface area contributed by atoms with Crippen LogP contribution in [0.2, 0.25) is 0 Å². The topological polar surface area (TPSA) is 90.1 Å². The van der Waals surface area contributed by atoms with Crippen molar-refractivity contribution in [1.82, 2.24) is 9.59 Å². The molecule has 1 heterocycles. The lowest BCUT2D eigenvalue weighted by molar-refractivity contribution is 0.102. The third kappa shape index (κ3) is 3.97. The fourth-order valence-corrected chi connectivity index (χ4v) is 1.74. The van der Waals surface area contributed by atoms with Crippen molar-refractivity contribution in [3.05, 3.63) is 35.3 Å². The van der Waals surface area contributed by atoms with Gasteiger partial charge in [-0.1, -0.05) is 16.7 Å². The summed E-state index contributed by atoms with van der Waals surface area (Å²) in [6.45, 7) is 0.186. The minimum absolute atomic E-state index is 0.186. The lowest BCUT2D eigenvalue weighted by Gasteiger charge is -2.06. The Bertz CT molecular complexity index is 569. The fourth-order valence-electron chi connectivity index (χ4n) is 1.25. The van der Waals surface area contributed by atoms with E-state index in [9.17, 15) is 4.79 Å². The fraction of sp³-hybridized carbons (Fsp3) is 0.0909. The lowest BCUT2D eigenvalue weighted by Crippen LogP contribution is -2.17. The van der Waals surface area contributed by atoms with Gasteiger partial charge in [-0.05, 0) is 35.8 Å². The molecule has 19 heavy (non-hydrogen) atoms. The molecule has 0 unspecified atom stereocenters. The number of nitrogens with zero attached hydrogens (tertiary/aromatic N) is 2. The first-order chi connectivity index (χ1) is 9.15. The number of hydrogen-bond acceptors (Lipinski definition) is 6. The number of thiocarbonyl (C=S) groups is 1. The first-order valence-corrected chi connectivity index (χ1v) is 6.49. The Hall–Kier alpha value is -2.06. The summed E-state index contributed by atoms with van der Waals surface area (Å²) in [5.41, 5.74) is 6.26. The van der Waals surface area contributed by atoms with Gasteiger partial charge < -0.3 is 15.8 Å². The van der Waals surface area contributed by atoms with Gasteiger partial charge in [0.15, 0.2) is 5.69 Å². The van der Waals surface area contributed by atoms with Crippen molar-refractivity contribution in [2.75, 3.05) is 11.9 Å². The van der Waals surface area contributed by atoms with E-state index < -0.39 is 0 Å². The van der Waals surface area contributed by atoms with E-state index in [0.29, 0.717) is 17.1 Å². The van der Waals surface area contributed by atoms with E-state index in [2.05, 4.69) is 14.9 Å². The largest absolute Gasteiger partial charge is 0.487 e.